The van der Waals surface area contributed by atoms with E-state index in [-0.39, 0.29) is 5.54 Å². The van der Waals surface area contributed by atoms with Gasteiger partial charge in [0.1, 0.15) is 5.78 Å². The van der Waals surface area contributed by atoms with Gasteiger partial charge in [0.25, 0.3) is 0 Å². The molecular weight excluding hydrogens is 150 g/mol. The third kappa shape index (κ3) is 1.69. The Balaban J connectivity index is 2.70. The van der Waals surface area contributed by atoms with Gasteiger partial charge in [0, 0.05) is 24.9 Å². The van der Waals surface area contributed by atoms with Crippen LogP contribution in [0.5, 0.6) is 0 Å². The van der Waals surface area contributed by atoms with Gasteiger partial charge in [-0.05, 0) is 19.9 Å². The summed E-state index contributed by atoms with van der Waals surface area (Å²) in [4.78, 5) is 13.7. The van der Waals surface area contributed by atoms with E-state index in [1.54, 1.807) is 0 Å². The maximum absolute atomic E-state index is 11.3. The molecule has 12 heavy (non-hydrogen) atoms. The molecule has 0 spiro atoms. The molecular formula is C10H19NO. The van der Waals surface area contributed by atoms with Crippen LogP contribution >= 0.6 is 0 Å². The predicted molar refractivity (Wildman–Crippen MR) is 50.2 cm³/mol. The minimum Gasteiger partial charge on any atom is -0.300 e. The molecule has 0 aliphatic carbocycles. The van der Waals surface area contributed by atoms with Gasteiger partial charge in [0.2, 0.25) is 0 Å². The van der Waals surface area contributed by atoms with Gasteiger partial charge < -0.3 is 0 Å². The molecule has 2 nitrogen and oxygen atoms in total. The molecule has 70 valence electrons. The van der Waals surface area contributed by atoms with E-state index in [2.05, 4.69) is 25.7 Å². The van der Waals surface area contributed by atoms with Crippen molar-refractivity contribution in [1.82, 2.24) is 4.90 Å². The van der Waals surface area contributed by atoms with Crippen molar-refractivity contribution in [2.24, 2.45) is 0 Å². The standard InChI is InChI=1S/C10H19NO/c1-4-10(3)8-9(12)6-7-11(10)5-2/h4-8H2,1-3H3. The fraction of sp³-hybridized carbons (Fsp3) is 0.900. The molecule has 1 heterocycles. The van der Waals surface area contributed by atoms with E-state index >= 15 is 0 Å². The Hall–Kier alpha value is -0.370. The number of likely N-dealkylation sites (tertiary alicyclic amines) is 1. The quantitative estimate of drug-likeness (QED) is 0.628. The van der Waals surface area contributed by atoms with Crippen LogP contribution in [0.25, 0.3) is 0 Å². The van der Waals surface area contributed by atoms with E-state index < -0.39 is 0 Å². The van der Waals surface area contributed by atoms with Crippen molar-refractivity contribution in [1.29, 1.82) is 0 Å². The van der Waals surface area contributed by atoms with Crippen LogP contribution in [0.15, 0.2) is 0 Å². The fourth-order valence-corrected chi connectivity index (χ4v) is 2.04. The molecule has 0 aromatic carbocycles. The van der Waals surface area contributed by atoms with Crippen molar-refractivity contribution < 1.29 is 4.79 Å². The molecule has 0 saturated carbocycles. The molecule has 0 amide bonds. The number of hydrogen-bond acceptors (Lipinski definition) is 2. The third-order valence-electron chi connectivity index (χ3n) is 3.15. The van der Waals surface area contributed by atoms with Crippen molar-refractivity contribution in [2.75, 3.05) is 13.1 Å². The molecule has 0 bridgehead atoms. The molecule has 0 aromatic rings. The van der Waals surface area contributed by atoms with E-state index in [9.17, 15) is 4.79 Å². The fourth-order valence-electron chi connectivity index (χ4n) is 2.04. The van der Waals surface area contributed by atoms with Gasteiger partial charge in [-0.15, -0.1) is 0 Å². The number of ketones is 1. The average Bonchev–Trinajstić information content (AvgIpc) is 2.05. The minimum absolute atomic E-state index is 0.143. The van der Waals surface area contributed by atoms with Crippen molar-refractivity contribution in [3.05, 3.63) is 0 Å². The number of piperidine rings is 1. The molecule has 0 radical (unpaired) electrons. The normalized spacial score (nSPS) is 32.4. The lowest BCUT2D eigenvalue weighted by Gasteiger charge is -2.43. The first-order valence-electron chi connectivity index (χ1n) is 4.89. The number of carbonyl (C=O) groups is 1. The minimum atomic E-state index is 0.143. The van der Waals surface area contributed by atoms with E-state index in [4.69, 9.17) is 0 Å². The van der Waals surface area contributed by atoms with Gasteiger partial charge in [-0.2, -0.15) is 0 Å². The second kappa shape index (κ2) is 3.56. The summed E-state index contributed by atoms with van der Waals surface area (Å²) in [7, 11) is 0. The zero-order chi connectivity index (χ0) is 9.19. The van der Waals surface area contributed by atoms with Crippen LogP contribution < -0.4 is 0 Å². The van der Waals surface area contributed by atoms with Crippen LogP contribution in [-0.4, -0.2) is 29.3 Å². The highest BCUT2D eigenvalue weighted by Crippen LogP contribution is 2.28. The molecule has 2 heteroatoms. The van der Waals surface area contributed by atoms with E-state index in [0.29, 0.717) is 5.78 Å². The predicted octanol–water partition coefficient (Wildman–Crippen LogP) is 1.84. The first-order valence-corrected chi connectivity index (χ1v) is 4.89. The Morgan fingerprint density at radius 3 is 2.67 bits per heavy atom. The number of nitrogens with zero attached hydrogens (tertiary/aromatic N) is 1. The summed E-state index contributed by atoms with van der Waals surface area (Å²) in [6.07, 6.45) is 2.58. The monoisotopic (exact) mass is 169 g/mol. The molecule has 1 aliphatic rings. The highest BCUT2D eigenvalue weighted by Gasteiger charge is 2.34. The van der Waals surface area contributed by atoms with Gasteiger partial charge in [-0.25, -0.2) is 0 Å². The number of carbonyl (C=O) groups excluding carboxylic acids is 1. The molecule has 1 fully saturated rings. The SMILES string of the molecule is CCN1CCC(=O)CC1(C)CC. The summed E-state index contributed by atoms with van der Waals surface area (Å²) >= 11 is 0. The van der Waals surface area contributed by atoms with Crippen LogP contribution in [-0.2, 0) is 4.79 Å². The van der Waals surface area contributed by atoms with Crippen LogP contribution in [0, 0.1) is 0 Å². The molecule has 0 N–H and O–H groups in total. The lowest BCUT2D eigenvalue weighted by atomic mass is 9.85. The van der Waals surface area contributed by atoms with Gasteiger partial charge >= 0.3 is 0 Å². The summed E-state index contributed by atoms with van der Waals surface area (Å²) < 4.78 is 0. The highest BCUT2D eigenvalue weighted by molar-refractivity contribution is 5.80. The second-order valence-corrected chi connectivity index (χ2v) is 3.90. The summed E-state index contributed by atoms with van der Waals surface area (Å²) in [6.45, 7) is 8.57. The summed E-state index contributed by atoms with van der Waals surface area (Å²) in [5.74, 6) is 0.434. The first kappa shape index (κ1) is 9.72. The molecule has 1 rings (SSSR count). The molecule has 1 aliphatic heterocycles. The Morgan fingerprint density at radius 2 is 2.17 bits per heavy atom. The van der Waals surface area contributed by atoms with E-state index in [0.717, 1.165) is 32.4 Å². The number of hydrogen-bond donors (Lipinski definition) is 0. The number of rotatable bonds is 2. The van der Waals surface area contributed by atoms with Gasteiger partial charge in [-0.3, -0.25) is 9.69 Å². The summed E-state index contributed by atoms with van der Waals surface area (Å²) in [5.41, 5.74) is 0.143. The van der Waals surface area contributed by atoms with Crippen LogP contribution in [0.3, 0.4) is 0 Å². The molecule has 0 aromatic heterocycles. The van der Waals surface area contributed by atoms with E-state index in [1.807, 2.05) is 0 Å². The van der Waals surface area contributed by atoms with Crippen molar-refractivity contribution in [2.45, 2.75) is 45.6 Å². The smallest absolute Gasteiger partial charge is 0.136 e. The molecule has 1 saturated heterocycles. The maximum Gasteiger partial charge on any atom is 0.136 e. The lowest BCUT2D eigenvalue weighted by molar-refractivity contribution is -0.126. The van der Waals surface area contributed by atoms with Gasteiger partial charge in [-0.1, -0.05) is 13.8 Å². The zero-order valence-corrected chi connectivity index (χ0v) is 8.39. The van der Waals surface area contributed by atoms with Crippen molar-refractivity contribution in [3.63, 3.8) is 0 Å². The van der Waals surface area contributed by atoms with Crippen LogP contribution in [0.4, 0.5) is 0 Å². The lowest BCUT2D eigenvalue weighted by Crippen LogP contribution is -2.51. The topological polar surface area (TPSA) is 20.3 Å². The zero-order valence-electron chi connectivity index (χ0n) is 8.39. The van der Waals surface area contributed by atoms with E-state index in [1.165, 1.54) is 0 Å². The number of Topliss-reactive ketones (excluding diaryl/α,β-unsaturated/α-hetero) is 1. The summed E-state index contributed by atoms with van der Waals surface area (Å²) in [6, 6.07) is 0. The Bertz CT molecular complexity index is 179. The summed E-state index contributed by atoms with van der Waals surface area (Å²) in [5, 5.41) is 0. The first-order chi connectivity index (χ1) is 5.62. The maximum atomic E-state index is 11.3. The van der Waals surface area contributed by atoms with Crippen LogP contribution in [0.1, 0.15) is 40.0 Å². The molecule has 1 atom stereocenters. The Morgan fingerprint density at radius 1 is 1.50 bits per heavy atom. The average molecular weight is 169 g/mol. The van der Waals surface area contributed by atoms with Crippen molar-refractivity contribution >= 4 is 5.78 Å². The van der Waals surface area contributed by atoms with Crippen LogP contribution in [0.2, 0.25) is 0 Å². The van der Waals surface area contributed by atoms with Gasteiger partial charge in [0.05, 0.1) is 0 Å². The van der Waals surface area contributed by atoms with Crippen molar-refractivity contribution in [3.8, 4) is 0 Å². The Labute approximate surface area is 74.9 Å². The molecule has 1 unspecified atom stereocenters. The third-order valence-corrected chi connectivity index (χ3v) is 3.15. The largest absolute Gasteiger partial charge is 0.300 e. The highest BCUT2D eigenvalue weighted by atomic mass is 16.1. The van der Waals surface area contributed by atoms with Gasteiger partial charge in [0.15, 0.2) is 0 Å². The Kier molecular flexibility index (Phi) is 2.89. The second-order valence-electron chi connectivity index (χ2n) is 3.90.